The summed E-state index contributed by atoms with van der Waals surface area (Å²) in [6.45, 7) is 3.38. The van der Waals surface area contributed by atoms with Crippen LogP contribution in [0.3, 0.4) is 0 Å². The van der Waals surface area contributed by atoms with E-state index in [1.165, 1.54) is 24.2 Å². The maximum absolute atomic E-state index is 11.6. The first-order chi connectivity index (χ1) is 9.88. The Morgan fingerprint density at radius 1 is 1.29 bits per heavy atom. The summed E-state index contributed by atoms with van der Waals surface area (Å²) in [6, 6.07) is 6.98. The first-order valence-corrected chi connectivity index (χ1v) is 7.36. The van der Waals surface area contributed by atoms with Crippen molar-refractivity contribution < 1.29 is 19.1 Å². The molecule has 0 radical (unpaired) electrons. The lowest BCUT2D eigenvalue weighted by Gasteiger charge is -2.11. The van der Waals surface area contributed by atoms with Crippen molar-refractivity contribution in [1.82, 2.24) is 5.32 Å². The van der Waals surface area contributed by atoms with E-state index in [0.717, 1.165) is 4.90 Å². The molecule has 0 heterocycles. The van der Waals surface area contributed by atoms with Crippen LogP contribution in [0.1, 0.15) is 18.9 Å². The lowest BCUT2D eigenvalue weighted by Crippen LogP contribution is -2.42. The Kier molecular flexibility index (Phi) is 6.74. The second-order valence-corrected chi connectivity index (χ2v) is 5.57. The van der Waals surface area contributed by atoms with Gasteiger partial charge in [-0.25, -0.2) is 4.79 Å². The molecule has 0 aliphatic rings. The monoisotopic (exact) mass is 310 g/mol. The largest absolute Gasteiger partial charge is 0.453 e. The molecular weight excluding hydrogens is 292 g/mol. The maximum atomic E-state index is 11.6. The van der Waals surface area contributed by atoms with Gasteiger partial charge in [0.05, 0.1) is 6.42 Å². The van der Waals surface area contributed by atoms with E-state index in [1.807, 2.05) is 36.5 Å². The molecule has 0 spiro atoms. The molecule has 0 fully saturated rings. The number of amides is 3. The quantitative estimate of drug-likeness (QED) is 0.614. The van der Waals surface area contributed by atoms with Crippen LogP contribution >= 0.6 is 11.8 Å². The highest BCUT2D eigenvalue weighted by Gasteiger charge is 2.18. The number of hydrogen-bond acceptors (Lipinski definition) is 5. The number of benzene rings is 1. The number of thioether (sulfide) groups is 1. The Balaban J connectivity index is 2.29. The van der Waals surface area contributed by atoms with E-state index in [1.54, 1.807) is 0 Å². The van der Waals surface area contributed by atoms with Crippen molar-refractivity contribution in [1.29, 1.82) is 0 Å². The average molecular weight is 310 g/mol. The highest BCUT2D eigenvalue weighted by atomic mass is 32.2. The van der Waals surface area contributed by atoms with Gasteiger partial charge in [0.25, 0.3) is 5.91 Å². The normalized spacial score (nSPS) is 11.5. The predicted molar refractivity (Wildman–Crippen MR) is 79.8 cm³/mol. The van der Waals surface area contributed by atoms with Crippen LogP contribution in [-0.4, -0.2) is 29.8 Å². The number of imide groups is 1. The van der Waals surface area contributed by atoms with Crippen LogP contribution in [0.4, 0.5) is 4.79 Å². The van der Waals surface area contributed by atoms with Crippen molar-refractivity contribution in [3.8, 4) is 0 Å². The summed E-state index contributed by atoms with van der Waals surface area (Å²) in [5, 5.41) is 1.85. The minimum absolute atomic E-state index is 0.173. The molecule has 3 N–H and O–H groups in total. The third-order valence-electron chi connectivity index (χ3n) is 2.52. The van der Waals surface area contributed by atoms with Gasteiger partial charge in [0.2, 0.25) is 0 Å². The van der Waals surface area contributed by atoms with Gasteiger partial charge in [-0.05, 0) is 26.0 Å². The number of primary amides is 1. The molecule has 6 nitrogen and oxygen atoms in total. The first kappa shape index (κ1) is 17.0. The number of ether oxygens (including phenoxy) is 1. The van der Waals surface area contributed by atoms with E-state index >= 15 is 0 Å². The van der Waals surface area contributed by atoms with Crippen LogP contribution in [0, 0.1) is 6.92 Å². The number of urea groups is 1. The summed E-state index contributed by atoms with van der Waals surface area (Å²) >= 11 is 1.53. The fourth-order valence-electron chi connectivity index (χ4n) is 1.42. The lowest BCUT2D eigenvalue weighted by molar-refractivity contribution is -0.154. The van der Waals surface area contributed by atoms with E-state index in [2.05, 4.69) is 0 Å². The number of hydrogen-bond donors (Lipinski definition) is 2. The molecule has 21 heavy (non-hydrogen) atoms. The van der Waals surface area contributed by atoms with Crippen molar-refractivity contribution in [3.63, 3.8) is 0 Å². The number of nitrogens with two attached hydrogens (primary N) is 1. The fraction of sp³-hybridized carbons (Fsp3) is 0.357. The second kappa shape index (κ2) is 8.31. The predicted octanol–water partition coefficient (Wildman–Crippen LogP) is 1.60. The van der Waals surface area contributed by atoms with Crippen molar-refractivity contribution in [3.05, 3.63) is 29.8 Å². The zero-order valence-electron chi connectivity index (χ0n) is 11.9. The Bertz CT molecular complexity index is 516. The molecule has 0 aliphatic heterocycles. The molecule has 0 aliphatic carbocycles. The van der Waals surface area contributed by atoms with Crippen molar-refractivity contribution in [2.24, 2.45) is 5.73 Å². The van der Waals surface area contributed by atoms with Gasteiger partial charge in [0, 0.05) is 10.6 Å². The molecule has 0 saturated carbocycles. The number of carbonyl (C=O) groups is 3. The van der Waals surface area contributed by atoms with E-state index in [4.69, 9.17) is 10.5 Å². The van der Waals surface area contributed by atoms with Gasteiger partial charge in [-0.1, -0.05) is 17.7 Å². The number of carbonyl (C=O) groups excluding carboxylic acids is 3. The molecule has 1 aromatic carbocycles. The van der Waals surface area contributed by atoms with Gasteiger partial charge < -0.3 is 10.5 Å². The lowest BCUT2D eigenvalue weighted by atomic mass is 10.2. The summed E-state index contributed by atoms with van der Waals surface area (Å²) in [5.41, 5.74) is 5.98. The Labute approximate surface area is 127 Å². The topological polar surface area (TPSA) is 98.5 Å². The van der Waals surface area contributed by atoms with Crippen LogP contribution in [-0.2, 0) is 14.3 Å². The van der Waals surface area contributed by atoms with Crippen LogP contribution < -0.4 is 11.1 Å². The maximum Gasteiger partial charge on any atom is 0.318 e. The summed E-state index contributed by atoms with van der Waals surface area (Å²) in [6.07, 6.45) is -0.874. The molecule has 7 heteroatoms. The van der Waals surface area contributed by atoms with Crippen LogP contribution in [0.15, 0.2) is 29.2 Å². The highest BCUT2D eigenvalue weighted by Crippen LogP contribution is 2.19. The third kappa shape index (κ3) is 6.80. The Hall–Kier alpha value is -2.02. The Morgan fingerprint density at radius 2 is 1.90 bits per heavy atom. The van der Waals surface area contributed by atoms with Crippen molar-refractivity contribution in [2.75, 3.05) is 5.75 Å². The second-order valence-electron chi connectivity index (χ2n) is 4.40. The van der Waals surface area contributed by atoms with Gasteiger partial charge in [0.1, 0.15) is 0 Å². The van der Waals surface area contributed by atoms with Crippen LogP contribution in [0.5, 0.6) is 0 Å². The molecule has 1 aromatic rings. The SMILES string of the molecule is Cc1ccc(SCCC(=O)O[C@H](C)C(=O)NC(N)=O)cc1. The molecule has 3 amide bonds. The van der Waals surface area contributed by atoms with Gasteiger partial charge in [-0.2, -0.15) is 0 Å². The molecule has 0 saturated heterocycles. The molecule has 0 unspecified atom stereocenters. The molecule has 114 valence electrons. The number of rotatable bonds is 6. The average Bonchev–Trinajstić information content (AvgIpc) is 2.40. The molecular formula is C14H18N2O4S. The fourth-order valence-corrected chi connectivity index (χ4v) is 2.25. The van der Waals surface area contributed by atoms with Crippen molar-refractivity contribution in [2.45, 2.75) is 31.3 Å². The van der Waals surface area contributed by atoms with E-state index in [9.17, 15) is 14.4 Å². The molecule has 1 rings (SSSR count). The summed E-state index contributed by atoms with van der Waals surface area (Å²) < 4.78 is 4.90. The Morgan fingerprint density at radius 3 is 2.48 bits per heavy atom. The van der Waals surface area contributed by atoms with Gasteiger partial charge in [0.15, 0.2) is 6.10 Å². The molecule has 0 bridgehead atoms. The zero-order valence-corrected chi connectivity index (χ0v) is 12.7. The highest BCUT2D eigenvalue weighted by molar-refractivity contribution is 7.99. The number of nitrogens with one attached hydrogen (secondary N) is 1. The van der Waals surface area contributed by atoms with E-state index in [-0.39, 0.29) is 6.42 Å². The van der Waals surface area contributed by atoms with E-state index in [0.29, 0.717) is 5.75 Å². The minimum Gasteiger partial charge on any atom is -0.453 e. The van der Waals surface area contributed by atoms with Crippen LogP contribution in [0.2, 0.25) is 0 Å². The van der Waals surface area contributed by atoms with Gasteiger partial charge >= 0.3 is 12.0 Å². The third-order valence-corrected chi connectivity index (χ3v) is 3.53. The van der Waals surface area contributed by atoms with Crippen LogP contribution in [0.25, 0.3) is 0 Å². The summed E-state index contributed by atoms with van der Waals surface area (Å²) in [5.74, 6) is -0.685. The standard InChI is InChI=1S/C14H18N2O4S/c1-9-3-5-11(6-4-9)21-8-7-12(17)20-10(2)13(18)16-14(15)19/h3-6,10H,7-8H2,1-2H3,(H3,15,16,18,19)/t10-/m1/s1. The smallest absolute Gasteiger partial charge is 0.318 e. The zero-order chi connectivity index (χ0) is 15.8. The number of esters is 1. The minimum atomic E-state index is -1.05. The molecule has 1 atom stereocenters. The summed E-state index contributed by atoms with van der Waals surface area (Å²) in [7, 11) is 0. The number of aryl methyl sites for hydroxylation is 1. The van der Waals surface area contributed by atoms with Gasteiger partial charge in [-0.3, -0.25) is 14.9 Å². The molecule has 0 aromatic heterocycles. The summed E-state index contributed by atoms with van der Waals surface area (Å²) in [4.78, 5) is 34.4. The van der Waals surface area contributed by atoms with Gasteiger partial charge in [-0.15, -0.1) is 11.8 Å². The van der Waals surface area contributed by atoms with Crippen molar-refractivity contribution >= 4 is 29.7 Å². The van der Waals surface area contributed by atoms with E-state index < -0.39 is 24.0 Å². The first-order valence-electron chi connectivity index (χ1n) is 6.37.